The van der Waals surface area contributed by atoms with Crippen molar-refractivity contribution in [2.24, 2.45) is 0 Å². The Hall–Kier alpha value is -2.22. The van der Waals surface area contributed by atoms with Gasteiger partial charge in [0.05, 0.1) is 18.7 Å². The zero-order valence-electron chi connectivity index (χ0n) is 12.2. The molecule has 0 radical (unpaired) electrons. The predicted molar refractivity (Wildman–Crippen MR) is 78.0 cm³/mol. The molecule has 0 aliphatic heterocycles. The van der Waals surface area contributed by atoms with Crippen molar-refractivity contribution in [2.75, 3.05) is 6.61 Å². The molecule has 0 bridgehead atoms. The second kappa shape index (κ2) is 7.53. The lowest BCUT2D eigenvalue weighted by Crippen LogP contribution is -2.42. The summed E-state index contributed by atoms with van der Waals surface area (Å²) in [6.45, 7) is 2.50. The van der Waals surface area contributed by atoms with Crippen molar-refractivity contribution in [3.63, 3.8) is 0 Å². The number of nitrogens with zero attached hydrogens (tertiary/aromatic N) is 1. The highest BCUT2D eigenvalue weighted by molar-refractivity contribution is 5.78. The third kappa shape index (κ3) is 4.12. The molecule has 0 saturated heterocycles. The molecule has 0 aromatic heterocycles. The van der Waals surface area contributed by atoms with Crippen molar-refractivity contribution in [3.05, 3.63) is 24.3 Å². The fraction of sp³-hybridized carbons (Fsp3) is 0.500. The average molecular weight is 288 g/mol. The van der Waals surface area contributed by atoms with Crippen molar-refractivity contribution >= 4 is 5.91 Å². The van der Waals surface area contributed by atoms with E-state index < -0.39 is 0 Å². The zero-order chi connectivity index (χ0) is 15.1. The first-order chi connectivity index (χ1) is 10.2. The van der Waals surface area contributed by atoms with E-state index in [0.29, 0.717) is 18.1 Å². The molecule has 1 saturated carbocycles. The Labute approximate surface area is 124 Å². The number of rotatable bonds is 6. The summed E-state index contributed by atoms with van der Waals surface area (Å²) in [4.78, 5) is 11.6. The van der Waals surface area contributed by atoms with Gasteiger partial charge in [0.1, 0.15) is 12.5 Å². The summed E-state index contributed by atoms with van der Waals surface area (Å²) < 4.78 is 11.6. The molecule has 5 heteroatoms. The second-order valence-electron chi connectivity index (χ2n) is 4.98. The van der Waals surface area contributed by atoms with E-state index in [0.717, 1.165) is 19.3 Å². The van der Waals surface area contributed by atoms with Crippen LogP contribution in [-0.4, -0.2) is 24.7 Å². The van der Waals surface area contributed by atoms with Crippen LogP contribution < -0.4 is 14.8 Å². The van der Waals surface area contributed by atoms with Gasteiger partial charge in [-0.1, -0.05) is 12.1 Å². The molecule has 1 amide bonds. The van der Waals surface area contributed by atoms with Gasteiger partial charge in [0, 0.05) is 0 Å². The van der Waals surface area contributed by atoms with Crippen LogP contribution in [0.5, 0.6) is 11.5 Å². The Balaban J connectivity index is 2.01. The van der Waals surface area contributed by atoms with Crippen molar-refractivity contribution < 1.29 is 14.3 Å². The molecule has 1 N–H and O–H groups in total. The molecule has 112 valence electrons. The van der Waals surface area contributed by atoms with Crippen LogP contribution in [0.2, 0.25) is 0 Å². The lowest BCUT2D eigenvalue weighted by molar-refractivity contribution is -0.121. The van der Waals surface area contributed by atoms with E-state index in [9.17, 15) is 4.79 Å². The summed E-state index contributed by atoms with van der Waals surface area (Å²) in [7, 11) is 0. The average Bonchev–Trinajstić information content (AvgIpc) is 2.89. The molecule has 1 fully saturated rings. The fourth-order valence-electron chi connectivity index (χ4n) is 2.55. The molecule has 21 heavy (non-hydrogen) atoms. The van der Waals surface area contributed by atoms with Crippen LogP contribution in [-0.2, 0) is 4.79 Å². The minimum atomic E-state index is -0.240. The molecule has 1 aliphatic rings. The molecule has 1 aliphatic carbocycles. The molecular formula is C16H20N2O3. The summed E-state index contributed by atoms with van der Waals surface area (Å²) >= 11 is 0. The molecule has 5 nitrogen and oxygen atoms in total. The maximum absolute atomic E-state index is 11.6. The smallest absolute Gasteiger partial charge is 0.234 e. The minimum absolute atomic E-state index is 0.0412. The monoisotopic (exact) mass is 288 g/mol. The molecule has 2 atom stereocenters. The lowest BCUT2D eigenvalue weighted by atomic mass is 10.2. The summed E-state index contributed by atoms with van der Waals surface area (Å²) in [5.41, 5.74) is 0. The first kappa shape index (κ1) is 15.2. The number of hydrogen-bond donors (Lipinski definition) is 1. The molecule has 0 spiro atoms. The zero-order valence-corrected chi connectivity index (χ0v) is 12.2. The first-order valence-corrected chi connectivity index (χ1v) is 7.29. The number of carbonyl (C=O) groups is 1. The molecule has 2 rings (SSSR count). The highest BCUT2D eigenvalue weighted by atomic mass is 16.5. The van der Waals surface area contributed by atoms with Crippen LogP contribution in [0.3, 0.4) is 0 Å². The maximum Gasteiger partial charge on any atom is 0.234 e. The van der Waals surface area contributed by atoms with Crippen molar-refractivity contribution in [1.29, 1.82) is 5.26 Å². The van der Waals surface area contributed by atoms with Gasteiger partial charge in [-0.3, -0.25) is 4.79 Å². The fourth-order valence-corrected chi connectivity index (χ4v) is 2.55. The van der Waals surface area contributed by atoms with E-state index in [2.05, 4.69) is 5.32 Å². The molecule has 0 heterocycles. The van der Waals surface area contributed by atoms with E-state index >= 15 is 0 Å². The second-order valence-corrected chi connectivity index (χ2v) is 4.98. The largest absolute Gasteiger partial charge is 0.490 e. The van der Waals surface area contributed by atoms with E-state index in [1.165, 1.54) is 0 Å². The number of ether oxygens (including phenoxy) is 2. The first-order valence-electron chi connectivity index (χ1n) is 7.29. The summed E-state index contributed by atoms with van der Waals surface area (Å²) in [5, 5.41) is 11.4. The molecule has 1 aromatic carbocycles. The highest BCUT2D eigenvalue weighted by Crippen LogP contribution is 2.31. The van der Waals surface area contributed by atoms with Crippen LogP contribution in [0.1, 0.15) is 32.6 Å². The van der Waals surface area contributed by atoms with Crippen LogP contribution >= 0.6 is 0 Å². The van der Waals surface area contributed by atoms with Crippen molar-refractivity contribution in [2.45, 2.75) is 44.8 Å². The topological polar surface area (TPSA) is 71.3 Å². The highest BCUT2D eigenvalue weighted by Gasteiger charge is 2.30. The number of nitriles is 1. The molecule has 0 unspecified atom stereocenters. The summed E-state index contributed by atoms with van der Waals surface area (Å²) in [5.74, 6) is 1.18. The number of amides is 1. The molecular weight excluding hydrogens is 268 g/mol. The third-order valence-electron chi connectivity index (χ3n) is 3.47. The number of para-hydroxylation sites is 2. The molecule has 1 aromatic rings. The summed E-state index contributed by atoms with van der Waals surface area (Å²) in [6, 6.07) is 9.36. The van der Waals surface area contributed by atoms with E-state index in [-0.39, 0.29) is 24.5 Å². The SMILES string of the molecule is CCOc1ccccc1O[C@@H]1CCC[C@@H]1NC(=O)CC#N. The van der Waals surface area contributed by atoms with Gasteiger partial charge < -0.3 is 14.8 Å². The van der Waals surface area contributed by atoms with Crippen molar-refractivity contribution in [1.82, 2.24) is 5.32 Å². The third-order valence-corrected chi connectivity index (χ3v) is 3.47. The van der Waals surface area contributed by atoms with E-state index in [4.69, 9.17) is 14.7 Å². The van der Waals surface area contributed by atoms with Crippen LogP contribution in [0.25, 0.3) is 0 Å². The van der Waals surface area contributed by atoms with Crippen LogP contribution in [0.15, 0.2) is 24.3 Å². The normalized spacial score (nSPS) is 20.6. The Morgan fingerprint density at radius 3 is 2.86 bits per heavy atom. The summed E-state index contributed by atoms with van der Waals surface area (Å²) in [6.07, 6.45) is 2.57. The number of nitrogens with one attached hydrogen (secondary N) is 1. The van der Waals surface area contributed by atoms with Gasteiger partial charge in [-0.15, -0.1) is 0 Å². The van der Waals surface area contributed by atoms with E-state index in [1.807, 2.05) is 37.3 Å². The van der Waals surface area contributed by atoms with Gasteiger partial charge >= 0.3 is 0 Å². The predicted octanol–water partition coefficient (Wildman–Crippen LogP) is 2.42. The minimum Gasteiger partial charge on any atom is -0.490 e. The Bertz CT molecular complexity index is 524. The quantitative estimate of drug-likeness (QED) is 0.872. The number of carbonyl (C=O) groups excluding carboxylic acids is 1. The Morgan fingerprint density at radius 2 is 2.14 bits per heavy atom. The van der Waals surface area contributed by atoms with Gasteiger partial charge in [-0.05, 0) is 38.3 Å². The van der Waals surface area contributed by atoms with Gasteiger partial charge in [0.15, 0.2) is 11.5 Å². The maximum atomic E-state index is 11.6. The van der Waals surface area contributed by atoms with E-state index in [1.54, 1.807) is 0 Å². The van der Waals surface area contributed by atoms with Gasteiger partial charge in [0.25, 0.3) is 0 Å². The van der Waals surface area contributed by atoms with Gasteiger partial charge in [0.2, 0.25) is 5.91 Å². The van der Waals surface area contributed by atoms with Crippen LogP contribution in [0.4, 0.5) is 0 Å². The van der Waals surface area contributed by atoms with Crippen LogP contribution in [0, 0.1) is 11.3 Å². The standard InChI is InChI=1S/C16H20N2O3/c1-2-20-14-7-3-4-8-15(14)21-13-9-5-6-12(13)18-16(19)10-11-17/h3-4,7-8,12-13H,2,5-6,9-10H2,1H3,(H,18,19)/t12-,13+/m0/s1. The van der Waals surface area contributed by atoms with Crippen molar-refractivity contribution in [3.8, 4) is 17.6 Å². The Kier molecular flexibility index (Phi) is 5.44. The number of benzene rings is 1. The number of hydrogen-bond acceptors (Lipinski definition) is 4. The van der Waals surface area contributed by atoms with Gasteiger partial charge in [-0.2, -0.15) is 5.26 Å². The lowest BCUT2D eigenvalue weighted by Gasteiger charge is -2.23. The Morgan fingerprint density at radius 1 is 1.38 bits per heavy atom. The van der Waals surface area contributed by atoms with Gasteiger partial charge in [-0.25, -0.2) is 0 Å².